The quantitative estimate of drug-likeness (QED) is 0.683. The third-order valence-electron chi connectivity index (χ3n) is 3.46. The van der Waals surface area contributed by atoms with Gasteiger partial charge in [0.15, 0.2) is 0 Å². The number of carbonyl (C=O) groups is 1. The first kappa shape index (κ1) is 15.8. The molecule has 1 rings (SSSR count). The Morgan fingerprint density at radius 3 is 2.72 bits per heavy atom. The zero-order valence-corrected chi connectivity index (χ0v) is 12.3. The molecule has 0 aliphatic carbocycles. The number of aliphatic hydroxyl groups excluding tert-OH is 1. The van der Waals surface area contributed by atoms with E-state index in [0.29, 0.717) is 0 Å². The molecule has 5 heteroatoms. The third-order valence-corrected chi connectivity index (χ3v) is 4.57. The minimum atomic E-state index is -0.104. The van der Waals surface area contributed by atoms with Crippen LogP contribution < -0.4 is 5.32 Å². The molecule has 1 fully saturated rings. The van der Waals surface area contributed by atoms with Gasteiger partial charge in [-0.2, -0.15) is 11.8 Å². The summed E-state index contributed by atoms with van der Waals surface area (Å²) in [6.45, 7) is 5.78. The number of nitrogens with zero attached hydrogens (tertiary/aromatic N) is 1. The molecule has 18 heavy (non-hydrogen) atoms. The predicted molar refractivity (Wildman–Crippen MR) is 76.9 cm³/mol. The molecule has 0 radical (unpaired) electrons. The number of thioether (sulfide) groups is 1. The normalized spacial score (nSPS) is 19.7. The molecule has 1 aliphatic heterocycles. The summed E-state index contributed by atoms with van der Waals surface area (Å²) in [5.74, 6) is 0.166. The SMILES string of the molecule is CCC(SC)C(=O)NCCCN1CCC(O)CC1. The smallest absolute Gasteiger partial charge is 0.233 e. The first-order chi connectivity index (χ1) is 8.67. The standard InChI is InChI=1S/C13H26N2O2S/c1-3-12(18-2)13(17)14-7-4-8-15-9-5-11(16)6-10-15/h11-12,16H,3-10H2,1-2H3,(H,14,17). The molecule has 1 heterocycles. The van der Waals surface area contributed by atoms with Gasteiger partial charge in [0.05, 0.1) is 11.4 Å². The monoisotopic (exact) mass is 274 g/mol. The van der Waals surface area contributed by atoms with Gasteiger partial charge in [0, 0.05) is 19.6 Å². The lowest BCUT2D eigenvalue weighted by Gasteiger charge is -2.29. The second-order valence-corrected chi connectivity index (χ2v) is 5.89. The fraction of sp³-hybridized carbons (Fsp3) is 0.923. The Kier molecular flexibility index (Phi) is 7.70. The van der Waals surface area contributed by atoms with Gasteiger partial charge in [0.2, 0.25) is 5.91 Å². The molecule has 0 bridgehead atoms. The Bertz CT molecular complexity index is 239. The van der Waals surface area contributed by atoms with E-state index in [1.807, 2.05) is 13.2 Å². The number of piperidine rings is 1. The lowest BCUT2D eigenvalue weighted by atomic mass is 10.1. The van der Waals surface area contributed by atoms with Crippen molar-refractivity contribution in [3.63, 3.8) is 0 Å². The van der Waals surface area contributed by atoms with Crippen molar-refractivity contribution in [1.82, 2.24) is 10.2 Å². The van der Waals surface area contributed by atoms with Crippen LogP contribution in [0, 0.1) is 0 Å². The van der Waals surface area contributed by atoms with E-state index >= 15 is 0 Å². The molecule has 1 atom stereocenters. The molecule has 1 unspecified atom stereocenters. The Balaban J connectivity index is 2.06. The van der Waals surface area contributed by atoms with Crippen molar-refractivity contribution in [2.45, 2.75) is 44.0 Å². The van der Waals surface area contributed by atoms with Crippen molar-refractivity contribution in [2.75, 3.05) is 32.4 Å². The molecule has 1 aliphatic rings. The van der Waals surface area contributed by atoms with Crippen LogP contribution in [0.5, 0.6) is 0 Å². The Hall–Kier alpha value is -0.260. The van der Waals surface area contributed by atoms with Crippen molar-refractivity contribution in [3.8, 4) is 0 Å². The van der Waals surface area contributed by atoms with Gasteiger partial charge in [0.1, 0.15) is 0 Å². The van der Waals surface area contributed by atoms with E-state index in [0.717, 1.165) is 51.9 Å². The van der Waals surface area contributed by atoms with Gasteiger partial charge >= 0.3 is 0 Å². The summed E-state index contributed by atoms with van der Waals surface area (Å²) in [5, 5.41) is 12.5. The molecule has 1 amide bonds. The number of hydrogen-bond donors (Lipinski definition) is 2. The summed E-state index contributed by atoms with van der Waals surface area (Å²) in [4.78, 5) is 14.1. The largest absolute Gasteiger partial charge is 0.393 e. The van der Waals surface area contributed by atoms with E-state index in [4.69, 9.17) is 0 Å². The van der Waals surface area contributed by atoms with Crippen LogP contribution in [0.2, 0.25) is 0 Å². The number of aliphatic hydroxyl groups is 1. The summed E-state index contributed by atoms with van der Waals surface area (Å²) in [6.07, 6.45) is 5.53. The predicted octanol–water partition coefficient (Wildman–Crippen LogP) is 1.09. The van der Waals surface area contributed by atoms with E-state index in [1.165, 1.54) is 0 Å². The molecular weight excluding hydrogens is 248 g/mol. The van der Waals surface area contributed by atoms with Crippen LogP contribution in [0.15, 0.2) is 0 Å². The number of hydrogen-bond acceptors (Lipinski definition) is 4. The van der Waals surface area contributed by atoms with Crippen LogP contribution in [-0.4, -0.2) is 59.7 Å². The fourth-order valence-electron chi connectivity index (χ4n) is 2.23. The second-order valence-electron chi connectivity index (χ2n) is 4.85. The Morgan fingerprint density at radius 1 is 1.50 bits per heavy atom. The van der Waals surface area contributed by atoms with E-state index in [1.54, 1.807) is 11.8 Å². The first-order valence-electron chi connectivity index (χ1n) is 6.88. The molecular formula is C13H26N2O2S. The number of nitrogens with one attached hydrogen (secondary N) is 1. The lowest BCUT2D eigenvalue weighted by molar-refractivity contribution is -0.120. The summed E-state index contributed by atoms with van der Waals surface area (Å²) in [5.41, 5.74) is 0. The van der Waals surface area contributed by atoms with Crippen LogP contribution >= 0.6 is 11.8 Å². The maximum atomic E-state index is 11.7. The highest BCUT2D eigenvalue weighted by atomic mass is 32.2. The number of carbonyl (C=O) groups excluding carboxylic acids is 1. The van der Waals surface area contributed by atoms with Crippen molar-refractivity contribution in [3.05, 3.63) is 0 Å². The first-order valence-corrected chi connectivity index (χ1v) is 8.17. The zero-order valence-electron chi connectivity index (χ0n) is 11.5. The van der Waals surface area contributed by atoms with Crippen molar-refractivity contribution in [2.24, 2.45) is 0 Å². The highest BCUT2D eigenvalue weighted by molar-refractivity contribution is 7.99. The van der Waals surface area contributed by atoms with Gasteiger partial charge in [-0.1, -0.05) is 6.92 Å². The minimum Gasteiger partial charge on any atom is -0.393 e. The maximum Gasteiger partial charge on any atom is 0.233 e. The van der Waals surface area contributed by atoms with Gasteiger partial charge in [-0.25, -0.2) is 0 Å². The van der Waals surface area contributed by atoms with Gasteiger partial charge in [-0.15, -0.1) is 0 Å². The zero-order chi connectivity index (χ0) is 13.4. The topological polar surface area (TPSA) is 52.6 Å². The van der Waals surface area contributed by atoms with Crippen LogP contribution in [0.4, 0.5) is 0 Å². The minimum absolute atomic E-state index is 0.0927. The van der Waals surface area contributed by atoms with Crippen LogP contribution in [0.1, 0.15) is 32.6 Å². The third kappa shape index (κ3) is 5.59. The van der Waals surface area contributed by atoms with Crippen LogP contribution in [0.3, 0.4) is 0 Å². The molecule has 106 valence electrons. The molecule has 0 saturated carbocycles. The van der Waals surface area contributed by atoms with Gasteiger partial charge < -0.3 is 15.3 Å². The van der Waals surface area contributed by atoms with Gasteiger partial charge in [0.25, 0.3) is 0 Å². The fourth-order valence-corrected chi connectivity index (χ4v) is 2.86. The van der Waals surface area contributed by atoms with Gasteiger partial charge in [-0.3, -0.25) is 4.79 Å². The van der Waals surface area contributed by atoms with Crippen LogP contribution in [-0.2, 0) is 4.79 Å². The summed E-state index contributed by atoms with van der Waals surface area (Å²) >= 11 is 1.61. The number of likely N-dealkylation sites (tertiary alicyclic amines) is 1. The summed E-state index contributed by atoms with van der Waals surface area (Å²) in [7, 11) is 0. The molecule has 0 aromatic carbocycles. The van der Waals surface area contributed by atoms with Crippen LogP contribution in [0.25, 0.3) is 0 Å². The Labute approximate surface area is 115 Å². The van der Waals surface area contributed by atoms with Gasteiger partial charge in [-0.05, 0) is 38.5 Å². The van der Waals surface area contributed by atoms with E-state index in [2.05, 4.69) is 10.2 Å². The molecule has 0 aromatic rings. The highest BCUT2D eigenvalue weighted by Crippen LogP contribution is 2.11. The number of amides is 1. The molecule has 1 saturated heterocycles. The van der Waals surface area contributed by atoms with Crippen molar-refractivity contribution in [1.29, 1.82) is 0 Å². The van der Waals surface area contributed by atoms with E-state index in [9.17, 15) is 9.90 Å². The second kappa shape index (κ2) is 8.77. The van der Waals surface area contributed by atoms with Crippen molar-refractivity contribution < 1.29 is 9.90 Å². The van der Waals surface area contributed by atoms with E-state index in [-0.39, 0.29) is 17.3 Å². The average molecular weight is 274 g/mol. The van der Waals surface area contributed by atoms with Crippen molar-refractivity contribution >= 4 is 17.7 Å². The lowest BCUT2D eigenvalue weighted by Crippen LogP contribution is -2.38. The summed E-state index contributed by atoms with van der Waals surface area (Å²) < 4.78 is 0. The summed E-state index contributed by atoms with van der Waals surface area (Å²) in [6, 6.07) is 0. The molecule has 0 aromatic heterocycles. The molecule has 4 nitrogen and oxygen atoms in total. The Morgan fingerprint density at radius 2 is 2.17 bits per heavy atom. The average Bonchev–Trinajstić information content (AvgIpc) is 2.38. The maximum absolute atomic E-state index is 11.7. The number of rotatable bonds is 7. The highest BCUT2D eigenvalue weighted by Gasteiger charge is 2.17. The molecule has 2 N–H and O–H groups in total. The van der Waals surface area contributed by atoms with E-state index < -0.39 is 0 Å². The molecule has 0 spiro atoms.